The fourth-order valence-corrected chi connectivity index (χ4v) is 4.69. The molecule has 1 aliphatic heterocycles. The van der Waals surface area contributed by atoms with E-state index < -0.39 is 17.7 Å². The average molecular weight is 512 g/mol. The quantitative estimate of drug-likeness (QED) is 0.215. The van der Waals surface area contributed by atoms with Crippen molar-refractivity contribution in [3.05, 3.63) is 100 Å². The summed E-state index contributed by atoms with van der Waals surface area (Å²) < 4.78 is 5.85. The van der Waals surface area contributed by atoms with Crippen molar-refractivity contribution in [2.45, 2.75) is 59.9 Å². The molecule has 1 unspecified atom stereocenters. The molecular formula is C33H37NO4. The molecule has 1 atom stereocenters. The zero-order valence-corrected chi connectivity index (χ0v) is 23.3. The number of ether oxygens (including phenoxy) is 1. The van der Waals surface area contributed by atoms with Crippen LogP contribution in [0.3, 0.4) is 0 Å². The number of Topliss-reactive ketones (excluding diaryl/α,β-unsaturated/α-hetero) is 1. The van der Waals surface area contributed by atoms with Gasteiger partial charge >= 0.3 is 0 Å². The molecule has 1 saturated heterocycles. The highest BCUT2D eigenvalue weighted by atomic mass is 16.5. The number of nitrogens with zero attached hydrogens (tertiary/aromatic N) is 1. The zero-order chi connectivity index (χ0) is 27.8. The van der Waals surface area contributed by atoms with Gasteiger partial charge in [0, 0.05) is 11.3 Å². The number of anilines is 1. The number of hydrogen-bond donors (Lipinski definition) is 1. The van der Waals surface area contributed by atoms with Gasteiger partial charge in [-0.05, 0) is 77.8 Å². The Morgan fingerprint density at radius 2 is 1.66 bits per heavy atom. The summed E-state index contributed by atoms with van der Waals surface area (Å²) in [6.07, 6.45) is 0. The van der Waals surface area contributed by atoms with Crippen molar-refractivity contribution in [2.24, 2.45) is 5.92 Å². The molecule has 1 aliphatic rings. The van der Waals surface area contributed by atoms with E-state index in [4.69, 9.17) is 4.74 Å². The molecule has 1 N–H and O–H groups in total. The molecule has 3 aromatic rings. The molecule has 1 heterocycles. The van der Waals surface area contributed by atoms with Gasteiger partial charge in [0.25, 0.3) is 11.7 Å². The summed E-state index contributed by atoms with van der Waals surface area (Å²) in [5.74, 6) is -0.423. The van der Waals surface area contributed by atoms with Gasteiger partial charge in [0.2, 0.25) is 0 Å². The van der Waals surface area contributed by atoms with E-state index in [1.807, 2.05) is 80.6 Å². The van der Waals surface area contributed by atoms with Crippen molar-refractivity contribution in [3.63, 3.8) is 0 Å². The van der Waals surface area contributed by atoms with Crippen LogP contribution in [-0.2, 0) is 15.0 Å². The minimum atomic E-state index is -0.784. The Balaban J connectivity index is 1.91. The van der Waals surface area contributed by atoms with Crippen LogP contribution in [0.4, 0.5) is 5.69 Å². The van der Waals surface area contributed by atoms with Crippen LogP contribution in [0, 0.1) is 19.8 Å². The van der Waals surface area contributed by atoms with Crippen molar-refractivity contribution < 1.29 is 19.4 Å². The van der Waals surface area contributed by atoms with E-state index >= 15 is 0 Å². The lowest BCUT2D eigenvalue weighted by atomic mass is 9.84. The van der Waals surface area contributed by atoms with Crippen LogP contribution in [0.1, 0.15) is 68.5 Å². The zero-order valence-electron chi connectivity index (χ0n) is 23.3. The lowest BCUT2D eigenvalue weighted by molar-refractivity contribution is -0.132. The molecule has 0 saturated carbocycles. The Bertz CT molecular complexity index is 1390. The van der Waals surface area contributed by atoms with Gasteiger partial charge in [0.15, 0.2) is 0 Å². The molecule has 1 amide bonds. The van der Waals surface area contributed by atoms with Gasteiger partial charge in [-0.25, -0.2) is 0 Å². The highest BCUT2D eigenvalue weighted by molar-refractivity contribution is 6.51. The van der Waals surface area contributed by atoms with E-state index in [0.717, 1.165) is 16.7 Å². The summed E-state index contributed by atoms with van der Waals surface area (Å²) in [4.78, 5) is 28.6. The van der Waals surface area contributed by atoms with Crippen LogP contribution >= 0.6 is 0 Å². The van der Waals surface area contributed by atoms with E-state index in [0.29, 0.717) is 35.1 Å². The summed E-state index contributed by atoms with van der Waals surface area (Å²) in [5.41, 5.74) is 4.64. The number of aryl methyl sites for hydroxylation is 2. The first-order valence-electron chi connectivity index (χ1n) is 13.1. The Hall–Kier alpha value is -3.86. The van der Waals surface area contributed by atoms with Crippen LogP contribution in [0.25, 0.3) is 5.76 Å². The Morgan fingerprint density at radius 3 is 2.26 bits per heavy atom. The maximum absolute atomic E-state index is 13.6. The van der Waals surface area contributed by atoms with E-state index in [1.54, 1.807) is 0 Å². The highest BCUT2D eigenvalue weighted by Gasteiger charge is 2.47. The molecule has 0 bridgehead atoms. The van der Waals surface area contributed by atoms with Crippen LogP contribution < -0.4 is 9.64 Å². The van der Waals surface area contributed by atoms with Crippen molar-refractivity contribution in [1.82, 2.24) is 0 Å². The smallest absolute Gasteiger partial charge is 0.300 e. The van der Waals surface area contributed by atoms with Crippen LogP contribution in [0.15, 0.2) is 72.3 Å². The molecule has 0 spiro atoms. The topological polar surface area (TPSA) is 66.8 Å². The number of rotatable bonds is 6. The van der Waals surface area contributed by atoms with Gasteiger partial charge < -0.3 is 9.84 Å². The number of benzene rings is 3. The Morgan fingerprint density at radius 1 is 0.974 bits per heavy atom. The molecule has 3 aromatic carbocycles. The Labute approximate surface area is 225 Å². The number of hydrogen-bond acceptors (Lipinski definition) is 4. The summed E-state index contributed by atoms with van der Waals surface area (Å²) in [6.45, 7) is 14.9. The molecule has 4 rings (SSSR count). The summed E-state index contributed by atoms with van der Waals surface area (Å²) >= 11 is 0. The first-order chi connectivity index (χ1) is 17.9. The molecular weight excluding hydrogens is 474 g/mol. The largest absolute Gasteiger partial charge is 0.507 e. The van der Waals surface area contributed by atoms with Crippen molar-refractivity contribution in [3.8, 4) is 5.75 Å². The lowest BCUT2D eigenvalue weighted by Gasteiger charge is -2.26. The maximum Gasteiger partial charge on any atom is 0.300 e. The molecule has 38 heavy (non-hydrogen) atoms. The third kappa shape index (κ3) is 5.38. The molecule has 5 nitrogen and oxygen atoms in total. The minimum Gasteiger partial charge on any atom is -0.507 e. The predicted molar refractivity (Wildman–Crippen MR) is 153 cm³/mol. The van der Waals surface area contributed by atoms with Gasteiger partial charge in [0.05, 0.1) is 18.2 Å². The fourth-order valence-electron chi connectivity index (χ4n) is 4.69. The second kappa shape index (κ2) is 10.5. The van der Waals surface area contributed by atoms with Gasteiger partial charge in [-0.15, -0.1) is 0 Å². The molecule has 0 aliphatic carbocycles. The second-order valence-electron chi connectivity index (χ2n) is 11.6. The second-order valence-corrected chi connectivity index (χ2v) is 11.6. The first kappa shape index (κ1) is 27.2. The number of aliphatic hydroxyl groups is 1. The molecule has 0 radical (unpaired) electrons. The average Bonchev–Trinajstić information content (AvgIpc) is 3.12. The number of carbonyl (C=O) groups is 2. The number of aliphatic hydroxyl groups excluding tert-OH is 1. The third-order valence-electron chi connectivity index (χ3n) is 6.86. The monoisotopic (exact) mass is 511 g/mol. The standard InChI is InChI=1S/C33H37NO4/c1-20(2)19-38-26-15-12-23(13-16-26)29-28(30(35)27-18-24(33(5,6)7)14-11-22(27)4)31(36)32(37)34(29)25-10-8-9-21(3)17-25/h8-18,20,29,35H,19H2,1-7H3/b30-28+. The van der Waals surface area contributed by atoms with Crippen molar-refractivity contribution >= 4 is 23.1 Å². The van der Waals surface area contributed by atoms with Gasteiger partial charge in [-0.3, -0.25) is 14.5 Å². The van der Waals surface area contributed by atoms with E-state index in [9.17, 15) is 14.7 Å². The van der Waals surface area contributed by atoms with Gasteiger partial charge in [-0.2, -0.15) is 0 Å². The predicted octanol–water partition coefficient (Wildman–Crippen LogP) is 7.26. The lowest BCUT2D eigenvalue weighted by Crippen LogP contribution is -2.29. The SMILES string of the molecule is Cc1cccc(N2C(=O)C(=O)/C(=C(/O)c3cc(C(C)(C)C)ccc3C)C2c2ccc(OCC(C)C)cc2)c1. The molecule has 198 valence electrons. The summed E-state index contributed by atoms with van der Waals surface area (Å²) in [5, 5.41) is 11.7. The van der Waals surface area contributed by atoms with Gasteiger partial charge in [0.1, 0.15) is 11.5 Å². The summed E-state index contributed by atoms with van der Waals surface area (Å²) in [7, 11) is 0. The Kier molecular flexibility index (Phi) is 7.50. The number of carbonyl (C=O) groups excluding carboxylic acids is 2. The highest BCUT2D eigenvalue weighted by Crippen LogP contribution is 2.43. The fraction of sp³-hybridized carbons (Fsp3) is 0.333. The normalized spacial score (nSPS) is 17.4. The van der Waals surface area contributed by atoms with Crippen molar-refractivity contribution in [1.29, 1.82) is 0 Å². The minimum absolute atomic E-state index is 0.0847. The van der Waals surface area contributed by atoms with E-state index in [2.05, 4.69) is 34.6 Å². The van der Waals surface area contributed by atoms with Crippen LogP contribution in [-0.4, -0.2) is 23.4 Å². The third-order valence-corrected chi connectivity index (χ3v) is 6.86. The maximum atomic E-state index is 13.6. The number of ketones is 1. The van der Waals surface area contributed by atoms with Crippen molar-refractivity contribution in [2.75, 3.05) is 11.5 Å². The van der Waals surface area contributed by atoms with Crippen LogP contribution in [0.5, 0.6) is 5.75 Å². The van der Waals surface area contributed by atoms with E-state index in [-0.39, 0.29) is 16.7 Å². The van der Waals surface area contributed by atoms with Crippen LogP contribution in [0.2, 0.25) is 0 Å². The molecule has 0 aromatic heterocycles. The molecule has 1 fully saturated rings. The van der Waals surface area contributed by atoms with E-state index in [1.165, 1.54) is 4.90 Å². The molecule has 5 heteroatoms. The van der Waals surface area contributed by atoms with Gasteiger partial charge in [-0.1, -0.05) is 71.0 Å². The first-order valence-corrected chi connectivity index (χ1v) is 13.1. The number of amides is 1. The summed E-state index contributed by atoms with van der Waals surface area (Å²) in [6, 6.07) is 20.0.